The zero-order valence-corrected chi connectivity index (χ0v) is 23.1. The Hall–Kier alpha value is -4.54. The van der Waals surface area contributed by atoms with Gasteiger partial charge in [-0.3, -0.25) is 15.0 Å². The number of morpholine rings is 1. The number of aromatic amines is 1. The van der Waals surface area contributed by atoms with E-state index < -0.39 is 0 Å². The van der Waals surface area contributed by atoms with E-state index in [1.54, 1.807) is 12.1 Å². The lowest BCUT2D eigenvalue weighted by Crippen LogP contribution is -2.36. The van der Waals surface area contributed by atoms with Gasteiger partial charge in [0.25, 0.3) is 0 Å². The molecule has 0 spiro atoms. The molecule has 8 rings (SSSR count). The van der Waals surface area contributed by atoms with Crippen LogP contribution in [0.2, 0.25) is 0 Å². The fourth-order valence-electron chi connectivity index (χ4n) is 6.11. The number of anilines is 3. The Labute approximate surface area is 242 Å². The van der Waals surface area contributed by atoms with E-state index in [4.69, 9.17) is 4.74 Å². The maximum Gasteiger partial charge on any atom is 0.181 e. The molecule has 9 nitrogen and oxygen atoms in total. The summed E-state index contributed by atoms with van der Waals surface area (Å²) < 4.78 is 20.4. The average molecular weight is 563 g/mol. The highest BCUT2D eigenvalue weighted by Crippen LogP contribution is 2.44. The number of hydrogen-bond acceptors (Lipinski definition) is 8. The van der Waals surface area contributed by atoms with Crippen LogP contribution in [0.3, 0.4) is 0 Å². The fraction of sp³-hybridized carbons (Fsp3) is 0.281. The van der Waals surface area contributed by atoms with Gasteiger partial charge < -0.3 is 20.3 Å². The summed E-state index contributed by atoms with van der Waals surface area (Å²) in [6.07, 6.45) is 6.70. The Morgan fingerprint density at radius 2 is 1.79 bits per heavy atom. The predicted molar refractivity (Wildman–Crippen MR) is 162 cm³/mol. The van der Waals surface area contributed by atoms with Crippen molar-refractivity contribution in [3.63, 3.8) is 0 Å². The van der Waals surface area contributed by atoms with E-state index >= 15 is 0 Å². The zero-order chi connectivity index (χ0) is 28.0. The highest BCUT2D eigenvalue weighted by molar-refractivity contribution is 5.92. The van der Waals surface area contributed by atoms with Gasteiger partial charge in [0, 0.05) is 66.0 Å². The molecule has 1 atom stereocenters. The number of hydrogen-bond donors (Lipinski definition) is 3. The number of halogens is 1. The molecule has 0 radical (unpaired) electrons. The largest absolute Gasteiger partial charge is 0.378 e. The van der Waals surface area contributed by atoms with Crippen molar-refractivity contribution in [3.8, 4) is 22.3 Å². The molecule has 0 aliphatic carbocycles. The van der Waals surface area contributed by atoms with Gasteiger partial charge in [-0.05, 0) is 67.0 Å². The number of likely N-dealkylation sites (tertiary alicyclic amines) is 1. The van der Waals surface area contributed by atoms with Gasteiger partial charge in [0.1, 0.15) is 12.0 Å². The average Bonchev–Trinajstić information content (AvgIpc) is 3.63. The van der Waals surface area contributed by atoms with Gasteiger partial charge in [0.15, 0.2) is 5.65 Å². The summed E-state index contributed by atoms with van der Waals surface area (Å²) in [6.45, 7) is 6.01. The molecule has 10 heteroatoms. The van der Waals surface area contributed by atoms with Crippen LogP contribution in [-0.4, -0.2) is 64.5 Å². The number of aromatic nitrogens is 4. The molecule has 0 saturated carbocycles. The van der Waals surface area contributed by atoms with Gasteiger partial charge in [-0.2, -0.15) is 5.10 Å². The van der Waals surface area contributed by atoms with Crippen molar-refractivity contribution in [2.75, 3.05) is 54.9 Å². The summed E-state index contributed by atoms with van der Waals surface area (Å²) in [5.41, 5.74) is 9.28. The van der Waals surface area contributed by atoms with Crippen LogP contribution in [0.1, 0.15) is 23.8 Å². The number of nitrogens with zero attached hydrogens (tertiary/aromatic N) is 5. The molecule has 5 aromatic rings. The molecule has 3 N–H and O–H groups in total. The predicted octanol–water partition coefficient (Wildman–Crippen LogP) is 5.40. The molecule has 2 saturated heterocycles. The van der Waals surface area contributed by atoms with Crippen molar-refractivity contribution >= 4 is 28.1 Å². The number of H-pyrrole nitrogens is 1. The van der Waals surface area contributed by atoms with Crippen molar-refractivity contribution in [1.82, 2.24) is 25.1 Å². The normalized spacial score (nSPS) is 18.4. The Kier molecular flexibility index (Phi) is 6.23. The summed E-state index contributed by atoms with van der Waals surface area (Å²) in [5, 5.41) is 15.8. The van der Waals surface area contributed by atoms with Crippen LogP contribution in [0.25, 0.3) is 33.3 Å². The van der Waals surface area contributed by atoms with E-state index in [9.17, 15) is 4.39 Å². The number of benzene rings is 2. The first-order chi connectivity index (χ1) is 20.7. The Balaban J connectivity index is 1.10. The van der Waals surface area contributed by atoms with E-state index in [1.165, 1.54) is 12.0 Å². The molecule has 6 heterocycles. The first-order valence-electron chi connectivity index (χ1n) is 14.5. The first-order valence-corrected chi connectivity index (χ1v) is 14.5. The Morgan fingerprint density at radius 3 is 2.64 bits per heavy atom. The van der Waals surface area contributed by atoms with Gasteiger partial charge in [-0.15, -0.1) is 0 Å². The standard InChI is InChI=1S/C32H31FN8O/c33-24-12-21(13-25(15-24)41-7-9-42-10-8-41)26-3-1-4-28-29(26)37-32(36-28)30-27-14-23(18-35-31(27)39-38-30)22-11-20(16-34-17-22)19-40-5-2-6-40/h1,3-4,11-18,32,36-37H,2,5-10,19H2,(H,35,38,39). The molecule has 3 aliphatic rings. The van der Waals surface area contributed by atoms with Gasteiger partial charge in [0.2, 0.25) is 0 Å². The zero-order valence-electron chi connectivity index (χ0n) is 23.1. The van der Waals surface area contributed by atoms with Crippen LogP contribution >= 0.6 is 0 Å². The SMILES string of the molecule is Fc1cc(-c2cccc3c2NC(c2[nH]nc4ncc(-c5cncc(CN6CCC6)c5)cc24)N3)cc(N2CCOCC2)c1. The highest BCUT2D eigenvalue weighted by atomic mass is 19.1. The first kappa shape index (κ1) is 25.2. The molecule has 1 unspecified atom stereocenters. The number of para-hydroxylation sites is 1. The number of nitrogens with one attached hydrogen (secondary N) is 3. The maximum absolute atomic E-state index is 14.9. The lowest BCUT2D eigenvalue weighted by molar-refractivity contribution is 0.122. The van der Waals surface area contributed by atoms with E-state index in [0.29, 0.717) is 18.9 Å². The van der Waals surface area contributed by atoms with Crippen LogP contribution in [0, 0.1) is 5.82 Å². The molecule has 3 aromatic heterocycles. The Morgan fingerprint density at radius 1 is 0.905 bits per heavy atom. The second-order valence-corrected chi connectivity index (χ2v) is 11.2. The van der Waals surface area contributed by atoms with Crippen molar-refractivity contribution < 1.29 is 9.13 Å². The molecule has 3 aliphatic heterocycles. The third kappa shape index (κ3) is 4.62. The van der Waals surface area contributed by atoms with Crippen LogP contribution in [0.4, 0.5) is 21.5 Å². The van der Waals surface area contributed by atoms with Gasteiger partial charge in [-0.1, -0.05) is 12.1 Å². The third-order valence-corrected chi connectivity index (χ3v) is 8.43. The topological polar surface area (TPSA) is 94.2 Å². The number of pyridine rings is 2. The van der Waals surface area contributed by atoms with E-state index in [1.807, 2.05) is 36.8 Å². The maximum atomic E-state index is 14.9. The third-order valence-electron chi connectivity index (χ3n) is 8.43. The van der Waals surface area contributed by atoms with Crippen molar-refractivity contribution in [2.45, 2.75) is 19.1 Å². The van der Waals surface area contributed by atoms with Crippen LogP contribution in [0.5, 0.6) is 0 Å². The van der Waals surface area contributed by atoms with E-state index in [0.717, 1.165) is 83.1 Å². The van der Waals surface area contributed by atoms with E-state index in [-0.39, 0.29) is 12.0 Å². The number of rotatable bonds is 6. The van der Waals surface area contributed by atoms with Crippen molar-refractivity contribution in [2.24, 2.45) is 0 Å². The molecular formula is C32H31FN8O. The summed E-state index contributed by atoms with van der Waals surface area (Å²) in [5.74, 6) is -0.254. The van der Waals surface area contributed by atoms with Gasteiger partial charge in [0.05, 0.1) is 30.3 Å². The van der Waals surface area contributed by atoms with Gasteiger partial charge in [-0.25, -0.2) is 9.37 Å². The quantitative estimate of drug-likeness (QED) is 0.253. The minimum atomic E-state index is -0.258. The fourth-order valence-corrected chi connectivity index (χ4v) is 6.11. The van der Waals surface area contributed by atoms with Gasteiger partial charge >= 0.3 is 0 Å². The summed E-state index contributed by atoms with van der Waals surface area (Å²) in [7, 11) is 0. The van der Waals surface area contributed by atoms with Crippen LogP contribution in [0.15, 0.2) is 67.1 Å². The summed E-state index contributed by atoms with van der Waals surface area (Å²) >= 11 is 0. The minimum Gasteiger partial charge on any atom is -0.378 e. The number of fused-ring (bicyclic) bond motifs is 2. The van der Waals surface area contributed by atoms with Crippen molar-refractivity contribution in [1.29, 1.82) is 0 Å². The molecule has 2 aromatic carbocycles. The lowest BCUT2D eigenvalue weighted by Gasteiger charge is -2.30. The van der Waals surface area contributed by atoms with E-state index in [2.05, 4.69) is 58.8 Å². The second kappa shape index (κ2) is 10.4. The molecule has 42 heavy (non-hydrogen) atoms. The molecule has 2 fully saturated rings. The molecule has 0 bridgehead atoms. The summed E-state index contributed by atoms with van der Waals surface area (Å²) in [4.78, 5) is 13.8. The monoisotopic (exact) mass is 562 g/mol. The smallest absolute Gasteiger partial charge is 0.181 e. The lowest BCUT2D eigenvalue weighted by atomic mass is 10.0. The summed E-state index contributed by atoms with van der Waals surface area (Å²) in [6, 6.07) is 15.6. The number of ether oxygens (including phenoxy) is 1. The minimum absolute atomic E-state index is 0.254. The molecule has 0 amide bonds. The highest BCUT2D eigenvalue weighted by Gasteiger charge is 2.28. The Bertz CT molecular complexity index is 1780. The van der Waals surface area contributed by atoms with Crippen LogP contribution in [-0.2, 0) is 11.3 Å². The second-order valence-electron chi connectivity index (χ2n) is 11.2. The molecular weight excluding hydrogens is 531 g/mol. The van der Waals surface area contributed by atoms with Crippen LogP contribution < -0.4 is 15.5 Å². The van der Waals surface area contributed by atoms with Crippen molar-refractivity contribution in [3.05, 3.63) is 84.2 Å². The molecule has 212 valence electrons.